The summed E-state index contributed by atoms with van der Waals surface area (Å²) in [4.78, 5) is 3.47. The molecule has 0 aliphatic rings. The van der Waals surface area contributed by atoms with Gasteiger partial charge in [0, 0.05) is 6.20 Å². The highest BCUT2D eigenvalue weighted by Gasteiger charge is 2.35. The number of hydrogen-bond donors (Lipinski definition) is 1. The third-order valence-electron chi connectivity index (χ3n) is 1.65. The van der Waals surface area contributed by atoms with Gasteiger partial charge in [0.05, 0.1) is 11.3 Å². The molecule has 1 aromatic rings. The van der Waals surface area contributed by atoms with E-state index >= 15 is 0 Å². The lowest BCUT2D eigenvalue weighted by molar-refractivity contribution is -0.139. The molecule has 5 heteroatoms. The van der Waals surface area contributed by atoms with Gasteiger partial charge in [-0.3, -0.25) is 4.98 Å². The van der Waals surface area contributed by atoms with Gasteiger partial charge < -0.3 is 5.11 Å². The van der Waals surface area contributed by atoms with Gasteiger partial charge in [-0.15, -0.1) is 6.58 Å². The van der Waals surface area contributed by atoms with E-state index < -0.39 is 23.5 Å². The number of pyridine rings is 1. The van der Waals surface area contributed by atoms with Crippen molar-refractivity contribution in [3.8, 4) is 0 Å². The van der Waals surface area contributed by atoms with Crippen LogP contribution < -0.4 is 0 Å². The summed E-state index contributed by atoms with van der Waals surface area (Å²) in [6, 6.07) is 2.04. The minimum absolute atomic E-state index is 0.421. The topological polar surface area (TPSA) is 33.1 Å². The van der Waals surface area contributed by atoms with Crippen molar-refractivity contribution in [1.82, 2.24) is 4.98 Å². The predicted octanol–water partition coefficient (Wildman–Crippen LogP) is 2.32. The molecule has 14 heavy (non-hydrogen) atoms. The zero-order chi connectivity index (χ0) is 10.8. The molecule has 0 amide bonds. The molecule has 76 valence electrons. The van der Waals surface area contributed by atoms with Gasteiger partial charge in [0.15, 0.2) is 0 Å². The van der Waals surface area contributed by atoms with Gasteiger partial charge in [-0.1, -0.05) is 6.08 Å². The highest BCUT2D eigenvalue weighted by molar-refractivity contribution is 5.26. The summed E-state index contributed by atoms with van der Waals surface area (Å²) in [6.45, 7) is 3.20. The van der Waals surface area contributed by atoms with E-state index in [1.807, 2.05) is 0 Å². The molecule has 0 aliphatic heterocycles. The summed E-state index contributed by atoms with van der Waals surface area (Å²) in [5.41, 5.74) is -1.36. The maximum absolute atomic E-state index is 12.4. The number of nitrogens with zero attached hydrogens (tertiary/aromatic N) is 1. The van der Waals surface area contributed by atoms with Gasteiger partial charge in [0.25, 0.3) is 0 Å². The number of aliphatic hydroxyl groups excluding tert-OH is 1. The van der Waals surface area contributed by atoms with E-state index in [-0.39, 0.29) is 0 Å². The van der Waals surface area contributed by atoms with Crippen molar-refractivity contribution in [2.75, 3.05) is 0 Å². The van der Waals surface area contributed by atoms with Crippen LogP contribution in [0.2, 0.25) is 0 Å². The summed E-state index contributed by atoms with van der Waals surface area (Å²) in [7, 11) is 0. The quantitative estimate of drug-likeness (QED) is 0.748. The minimum Gasteiger partial charge on any atom is -0.383 e. The van der Waals surface area contributed by atoms with Crippen molar-refractivity contribution in [3.05, 3.63) is 42.2 Å². The molecule has 1 heterocycles. The zero-order valence-electron chi connectivity index (χ0n) is 7.12. The van der Waals surface area contributed by atoms with Crippen molar-refractivity contribution >= 4 is 0 Å². The smallest absolute Gasteiger partial charge is 0.383 e. The van der Waals surface area contributed by atoms with Crippen LogP contribution in [0.15, 0.2) is 31.0 Å². The Morgan fingerprint density at radius 3 is 2.64 bits per heavy atom. The lowest BCUT2D eigenvalue weighted by Crippen LogP contribution is -2.12. The Hall–Kier alpha value is -1.36. The number of aromatic nitrogens is 1. The zero-order valence-corrected chi connectivity index (χ0v) is 7.12. The molecule has 1 rings (SSSR count). The largest absolute Gasteiger partial charge is 0.418 e. The molecule has 2 nitrogen and oxygen atoms in total. The molecule has 1 unspecified atom stereocenters. The molecule has 0 spiro atoms. The molecule has 0 radical (unpaired) electrons. The van der Waals surface area contributed by atoms with Crippen molar-refractivity contribution in [2.45, 2.75) is 12.3 Å². The molecule has 0 aliphatic carbocycles. The van der Waals surface area contributed by atoms with Crippen LogP contribution in [-0.4, -0.2) is 10.1 Å². The summed E-state index contributed by atoms with van der Waals surface area (Å²) in [5.74, 6) is 0. The average molecular weight is 203 g/mol. The second kappa shape index (κ2) is 3.79. The van der Waals surface area contributed by atoms with Crippen LogP contribution >= 0.6 is 0 Å². The van der Waals surface area contributed by atoms with Gasteiger partial charge in [-0.25, -0.2) is 0 Å². The van der Waals surface area contributed by atoms with Crippen LogP contribution in [-0.2, 0) is 6.18 Å². The fourth-order valence-corrected chi connectivity index (χ4v) is 1.00. The maximum atomic E-state index is 12.4. The number of aliphatic hydroxyl groups is 1. The normalized spacial score (nSPS) is 13.7. The first-order chi connectivity index (χ1) is 6.46. The predicted molar refractivity (Wildman–Crippen MR) is 44.4 cm³/mol. The Balaban J connectivity index is 3.22. The molecule has 0 saturated carbocycles. The highest BCUT2D eigenvalue weighted by Crippen LogP contribution is 2.33. The molecule has 0 saturated heterocycles. The fraction of sp³-hybridized carbons (Fsp3) is 0.222. The SMILES string of the molecule is C=CC(O)c1ncccc1C(F)(F)F. The van der Waals surface area contributed by atoms with E-state index in [9.17, 15) is 18.3 Å². The monoisotopic (exact) mass is 203 g/mol. The first kappa shape index (κ1) is 10.7. The van der Waals surface area contributed by atoms with Crippen LogP contribution in [0.3, 0.4) is 0 Å². The summed E-state index contributed by atoms with van der Waals surface area (Å²) < 4.78 is 37.1. The van der Waals surface area contributed by atoms with Crippen molar-refractivity contribution < 1.29 is 18.3 Å². The Labute approximate surface area is 78.7 Å². The first-order valence-corrected chi connectivity index (χ1v) is 3.79. The fourth-order valence-electron chi connectivity index (χ4n) is 1.00. The van der Waals surface area contributed by atoms with Gasteiger partial charge in [-0.2, -0.15) is 13.2 Å². The Bertz CT molecular complexity index is 335. The van der Waals surface area contributed by atoms with E-state index in [1.54, 1.807) is 0 Å². The van der Waals surface area contributed by atoms with E-state index in [0.29, 0.717) is 0 Å². The summed E-state index contributed by atoms with van der Waals surface area (Å²) >= 11 is 0. The average Bonchev–Trinajstić information content (AvgIpc) is 2.15. The van der Waals surface area contributed by atoms with Crippen LogP contribution in [0.1, 0.15) is 17.4 Å². The van der Waals surface area contributed by atoms with E-state index in [4.69, 9.17) is 0 Å². The molecule has 0 bridgehead atoms. The number of halogens is 3. The number of rotatable bonds is 2. The van der Waals surface area contributed by atoms with E-state index in [2.05, 4.69) is 11.6 Å². The molecule has 1 N–H and O–H groups in total. The standard InChI is InChI=1S/C9H8F3NO/c1-2-7(14)8-6(9(10,11)12)4-3-5-13-8/h2-5,7,14H,1H2. The maximum Gasteiger partial charge on any atom is 0.418 e. The third-order valence-corrected chi connectivity index (χ3v) is 1.65. The molecule has 0 fully saturated rings. The molecule has 1 aromatic heterocycles. The molecule has 1 atom stereocenters. The molecular weight excluding hydrogens is 195 g/mol. The van der Waals surface area contributed by atoms with E-state index in [1.165, 1.54) is 12.3 Å². The summed E-state index contributed by atoms with van der Waals surface area (Å²) in [6.07, 6.45) is -3.71. The Morgan fingerprint density at radius 2 is 2.14 bits per heavy atom. The number of alkyl halides is 3. The van der Waals surface area contributed by atoms with Gasteiger partial charge in [-0.05, 0) is 12.1 Å². The number of hydrogen-bond acceptors (Lipinski definition) is 2. The van der Waals surface area contributed by atoms with Crippen LogP contribution in [0.4, 0.5) is 13.2 Å². The second-order valence-corrected chi connectivity index (χ2v) is 2.61. The molecular formula is C9H8F3NO. The van der Waals surface area contributed by atoms with Crippen LogP contribution in [0.25, 0.3) is 0 Å². The van der Waals surface area contributed by atoms with E-state index in [0.717, 1.165) is 12.1 Å². The van der Waals surface area contributed by atoms with Crippen LogP contribution in [0.5, 0.6) is 0 Å². The lowest BCUT2D eigenvalue weighted by atomic mass is 10.1. The third kappa shape index (κ3) is 2.11. The first-order valence-electron chi connectivity index (χ1n) is 3.79. The van der Waals surface area contributed by atoms with Gasteiger partial charge in [0.2, 0.25) is 0 Å². The molecule has 0 aromatic carbocycles. The lowest BCUT2D eigenvalue weighted by Gasteiger charge is -2.13. The van der Waals surface area contributed by atoms with Crippen LogP contribution in [0, 0.1) is 0 Å². The van der Waals surface area contributed by atoms with Gasteiger partial charge >= 0.3 is 6.18 Å². The van der Waals surface area contributed by atoms with Crippen molar-refractivity contribution in [1.29, 1.82) is 0 Å². The summed E-state index contributed by atoms with van der Waals surface area (Å²) in [5, 5.41) is 9.19. The highest BCUT2D eigenvalue weighted by atomic mass is 19.4. The minimum atomic E-state index is -4.51. The Kier molecular flexibility index (Phi) is 2.90. The van der Waals surface area contributed by atoms with Crippen molar-refractivity contribution in [3.63, 3.8) is 0 Å². The van der Waals surface area contributed by atoms with Crippen molar-refractivity contribution in [2.24, 2.45) is 0 Å². The van der Waals surface area contributed by atoms with Gasteiger partial charge in [0.1, 0.15) is 6.10 Å². The Morgan fingerprint density at radius 1 is 1.50 bits per heavy atom. The second-order valence-electron chi connectivity index (χ2n) is 2.61.